The van der Waals surface area contributed by atoms with Crippen molar-refractivity contribution in [2.45, 2.75) is 0 Å². The molecule has 0 unspecified atom stereocenters. The summed E-state index contributed by atoms with van der Waals surface area (Å²) in [7, 11) is 0. The average Bonchev–Trinajstić information content (AvgIpc) is 2.21. The quantitative estimate of drug-likeness (QED) is 0.770. The number of halogens is 2. The van der Waals surface area contributed by atoms with E-state index in [0.29, 0.717) is 6.08 Å². The topological polar surface area (TPSA) is 66.4 Å². The molecular weight excluding hydrogens is 220 g/mol. The van der Waals surface area contributed by atoms with Crippen LogP contribution in [-0.4, -0.2) is 17.0 Å². The standard InChI is InChI=1S/C10H7F2NO3/c11-7-2-1-6(5-8(7)12)13-9(14)3-4-10(15)16/h1-5H,(H,13,14)(H,15,16). The summed E-state index contributed by atoms with van der Waals surface area (Å²) in [6, 6.07) is 2.80. The van der Waals surface area contributed by atoms with Crippen molar-refractivity contribution in [2.75, 3.05) is 5.32 Å². The van der Waals surface area contributed by atoms with E-state index >= 15 is 0 Å². The highest BCUT2D eigenvalue weighted by Gasteiger charge is 2.04. The molecule has 0 aliphatic rings. The molecule has 0 aliphatic carbocycles. The number of hydrogen-bond donors (Lipinski definition) is 2. The van der Waals surface area contributed by atoms with Crippen molar-refractivity contribution in [3.63, 3.8) is 0 Å². The predicted molar refractivity (Wildman–Crippen MR) is 51.8 cm³/mol. The SMILES string of the molecule is O=C(O)C=CC(=O)Nc1ccc(F)c(F)c1. The average molecular weight is 227 g/mol. The number of rotatable bonds is 3. The van der Waals surface area contributed by atoms with Crippen LogP contribution in [0.4, 0.5) is 14.5 Å². The summed E-state index contributed by atoms with van der Waals surface area (Å²) in [4.78, 5) is 21.1. The van der Waals surface area contributed by atoms with E-state index in [4.69, 9.17) is 5.11 Å². The molecule has 2 N–H and O–H groups in total. The zero-order valence-corrected chi connectivity index (χ0v) is 7.91. The van der Waals surface area contributed by atoms with E-state index in [1.54, 1.807) is 0 Å². The number of carbonyl (C=O) groups is 2. The summed E-state index contributed by atoms with van der Waals surface area (Å²) < 4.78 is 25.2. The van der Waals surface area contributed by atoms with Gasteiger partial charge in [-0.3, -0.25) is 4.79 Å². The molecule has 1 amide bonds. The van der Waals surface area contributed by atoms with Gasteiger partial charge < -0.3 is 10.4 Å². The van der Waals surface area contributed by atoms with Gasteiger partial charge in [-0.05, 0) is 12.1 Å². The largest absolute Gasteiger partial charge is 0.478 e. The Bertz CT molecular complexity index is 457. The van der Waals surface area contributed by atoms with E-state index in [-0.39, 0.29) is 5.69 Å². The molecule has 0 bridgehead atoms. The third-order valence-corrected chi connectivity index (χ3v) is 1.56. The Morgan fingerprint density at radius 2 is 1.88 bits per heavy atom. The van der Waals surface area contributed by atoms with E-state index in [1.807, 2.05) is 0 Å². The van der Waals surface area contributed by atoms with Gasteiger partial charge >= 0.3 is 5.97 Å². The first-order valence-corrected chi connectivity index (χ1v) is 4.16. The van der Waals surface area contributed by atoms with Crippen molar-refractivity contribution < 1.29 is 23.5 Å². The van der Waals surface area contributed by atoms with E-state index in [1.165, 1.54) is 0 Å². The first kappa shape index (κ1) is 11.8. The van der Waals surface area contributed by atoms with Gasteiger partial charge in [0.05, 0.1) is 0 Å². The molecule has 0 spiro atoms. The summed E-state index contributed by atoms with van der Waals surface area (Å²) in [6.45, 7) is 0. The highest BCUT2D eigenvalue weighted by atomic mass is 19.2. The lowest BCUT2D eigenvalue weighted by Gasteiger charge is -2.01. The van der Waals surface area contributed by atoms with Gasteiger partial charge in [0.2, 0.25) is 5.91 Å². The van der Waals surface area contributed by atoms with Crippen LogP contribution < -0.4 is 5.32 Å². The Hall–Kier alpha value is -2.24. The molecule has 0 radical (unpaired) electrons. The lowest BCUT2D eigenvalue weighted by atomic mass is 10.3. The molecule has 0 aromatic heterocycles. The fourth-order valence-electron chi connectivity index (χ4n) is 0.905. The summed E-state index contributed by atoms with van der Waals surface area (Å²) >= 11 is 0. The van der Waals surface area contributed by atoms with Crippen molar-refractivity contribution in [1.82, 2.24) is 0 Å². The molecule has 4 nitrogen and oxygen atoms in total. The number of carboxylic acids is 1. The number of carbonyl (C=O) groups excluding carboxylic acids is 1. The third-order valence-electron chi connectivity index (χ3n) is 1.56. The van der Waals surface area contributed by atoms with Crippen molar-refractivity contribution >= 4 is 17.6 Å². The zero-order valence-electron chi connectivity index (χ0n) is 7.91. The first-order valence-electron chi connectivity index (χ1n) is 4.16. The normalized spacial score (nSPS) is 10.4. The van der Waals surface area contributed by atoms with Crippen LogP contribution >= 0.6 is 0 Å². The fourth-order valence-corrected chi connectivity index (χ4v) is 0.905. The van der Waals surface area contributed by atoms with Crippen LogP contribution in [-0.2, 0) is 9.59 Å². The second kappa shape index (κ2) is 5.01. The number of amides is 1. The maximum atomic E-state index is 12.7. The Morgan fingerprint density at radius 3 is 2.44 bits per heavy atom. The van der Waals surface area contributed by atoms with E-state index in [2.05, 4.69) is 5.32 Å². The Balaban J connectivity index is 2.70. The lowest BCUT2D eigenvalue weighted by Crippen LogP contribution is -2.09. The second-order valence-corrected chi connectivity index (χ2v) is 2.79. The van der Waals surface area contributed by atoms with E-state index in [0.717, 1.165) is 24.3 Å². The van der Waals surface area contributed by atoms with Gasteiger partial charge in [0.1, 0.15) is 0 Å². The van der Waals surface area contributed by atoms with Crippen molar-refractivity contribution in [3.8, 4) is 0 Å². The van der Waals surface area contributed by atoms with Crippen molar-refractivity contribution in [2.24, 2.45) is 0 Å². The maximum Gasteiger partial charge on any atom is 0.328 e. The number of hydrogen-bond acceptors (Lipinski definition) is 2. The van der Waals surface area contributed by atoms with E-state index in [9.17, 15) is 18.4 Å². The summed E-state index contributed by atoms with van der Waals surface area (Å²) in [5.74, 6) is -4.15. The minimum absolute atomic E-state index is 0.0407. The zero-order chi connectivity index (χ0) is 12.1. The van der Waals surface area contributed by atoms with Gasteiger partial charge in [-0.1, -0.05) is 0 Å². The van der Waals surface area contributed by atoms with Gasteiger partial charge in [-0.15, -0.1) is 0 Å². The molecule has 84 valence electrons. The Labute approximate surface area is 89.2 Å². The molecular formula is C10H7F2NO3. The number of aliphatic carboxylic acids is 1. The Kier molecular flexibility index (Phi) is 3.71. The Morgan fingerprint density at radius 1 is 1.19 bits per heavy atom. The molecule has 0 saturated heterocycles. The lowest BCUT2D eigenvalue weighted by molar-refractivity contribution is -0.131. The molecule has 0 fully saturated rings. The number of benzene rings is 1. The molecule has 1 aromatic rings. The van der Waals surface area contributed by atoms with Crippen molar-refractivity contribution in [1.29, 1.82) is 0 Å². The number of nitrogens with one attached hydrogen (secondary N) is 1. The van der Waals surface area contributed by atoms with Gasteiger partial charge in [-0.2, -0.15) is 0 Å². The van der Waals surface area contributed by atoms with Gasteiger partial charge in [0, 0.05) is 23.9 Å². The minimum atomic E-state index is -1.28. The summed E-state index contributed by atoms with van der Waals surface area (Å²) in [6.07, 6.45) is 1.40. The molecule has 1 rings (SSSR count). The van der Waals surface area contributed by atoms with Crippen LogP contribution in [0.25, 0.3) is 0 Å². The van der Waals surface area contributed by atoms with Crippen LogP contribution in [0.1, 0.15) is 0 Å². The second-order valence-electron chi connectivity index (χ2n) is 2.79. The first-order chi connectivity index (χ1) is 7.49. The summed E-state index contributed by atoms with van der Waals surface area (Å²) in [5.41, 5.74) is 0.0407. The van der Waals surface area contributed by atoms with Gasteiger partial charge in [0.15, 0.2) is 11.6 Å². The number of anilines is 1. The predicted octanol–water partition coefficient (Wildman–Crippen LogP) is 1.54. The van der Waals surface area contributed by atoms with Crippen LogP contribution in [0, 0.1) is 11.6 Å². The molecule has 0 aliphatic heterocycles. The van der Waals surface area contributed by atoms with Gasteiger partial charge in [-0.25, -0.2) is 13.6 Å². The highest BCUT2D eigenvalue weighted by Crippen LogP contribution is 2.12. The van der Waals surface area contributed by atoms with Crippen LogP contribution in [0.5, 0.6) is 0 Å². The molecule has 0 heterocycles. The number of carboxylic acid groups (broad SMARTS) is 1. The maximum absolute atomic E-state index is 12.7. The van der Waals surface area contributed by atoms with Crippen LogP contribution in [0.3, 0.4) is 0 Å². The monoisotopic (exact) mass is 227 g/mol. The highest BCUT2D eigenvalue weighted by molar-refractivity contribution is 6.02. The molecule has 0 atom stereocenters. The van der Waals surface area contributed by atoms with E-state index < -0.39 is 23.5 Å². The van der Waals surface area contributed by atoms with Crippen molar-refractivity contribution in [3.05, 3.63) is 42.0 Å². The van der Waals surface area contributed by atoms with Crippen LogP contribution in [0.15, 0.2) is 30.4 Å². The molecule has 6 heteroatoms. The molecule has 1 aromatic carbocycles. The smallest absolute Gasteiger partial charge is 0.328 e. The minimum Gasteiger partial charge on any atom is -0.478 e. The molecule has 0 saturated carbocycles. The fraction of sp³-hybridized carbons (Fsp3) is 0. The summed E-state index contributed by atoms with van der Waals surface area (Å²) in [5, 5.41) is 10.4. The third kappa shape index (κ3) is 3.49. The molecule has 16 heavy (non-hydrogen) atoms. The van der Waals surface area contributed by atoms with Crippen LogP contribution in [0.2, 0.25) is 0 Å². The van der Waals surface area contributed by atoms with Gasteiger partial charge in [0.25, 0.3) is 0 Å².